The summed E-state index contributed by atoms with van der Waals surface area (Å²) in [6.07, 6.45) is 0.349. The number of nitrogens with one attached hydrogen (secondary N) is 3. The van der Waals surface area contributed by atoms with E-state index in [-0.39, 0.29) is 11.7 Å². The smallest absolute Gasteiger partial charge is 0.239 e. The van der Waals surface area contributed by atoms with Gasteiger partial charge in [-0.05, 0) is 36.5 Å². The van der Waals surface area contributed by atoms with Crippen molar-refractivity contribution in [2.75, 3.05) is 12.8 Å². The number of hydrogen-bond donors (Lipinski definition) is 3. The zero-order valence-electron chi connectivity index (χ0n) is 9.83. The summed E-state index contributed by atoms with van der Waals surface area (Å²) in [6.45, 7) is 0. The maximum Gasteiger partial charge on any atom is 0.239 e. The second kappa shape index (κ2) is 7.88. The van der Waals surface area contributed by atoms with Crippen molar-refractivity contribution in [2.24, 2.45) is 0 Å². The Morgan fingerprint density at radius 3 is 2.61 bits per heavy atom. The lowest BCUT2D eigenvalue weighted by atomic mass is 10.4. The number of thioether (sulfide) groups is 1. The van der Waals surface area contributed by atoms with Crippen molar-refractivity contribution in [1.82, 2.24) is 16.2 Å². The van der Waals surface area contributed by atoms with Crippen LogP contribution in [0.4, 0.5) is 4.39 Å². The summed E-state index contributed by atoms with van der Waals surface area (Å²) in [5.41, 5.74) is 5.01. The van der Waals surface area contributed by atoms with E-state index in [2.05, 4.69) is 16.2 Å². The van der Waals surface area contributed by atoms with Gasteiger partial charge in [0.1, 0.15) is 5.82 Å². The molecular formula is C11H14FN3OS2. The van der Waals surface area contributed by atoms with Gasteiger partial charge in [-0.3, -0.25) is 15.6 Å². The average Bonchev–Trinajstić information content (AvgIpc) is 2.38. The van der Waals surface area contributed by atoms with Gasteiger partial charge in [-0.2, -0.15) is 0 Å². The van der Waals surface area contributed by atoms with Crippen LogP contribution in [0.3, 0.4) is 0 Å². The van der Waals surface area contributed by atoms with Crippen LogP contribution >= 0.6 is 24.0 Å². The Hall–Kier alpha value is -1.34. The number of carbonyl (C=O) groups excluding carboxylic acids is 1. The fourth-order valence-electron chi connectivity index (χ4n) is 1.04. The van der Waals surface area contributed by atoms with Crippen molar-refractivity contribution in [1.29, 1.82) is 0 Å². The lowest BCUT2D eigenvalue weighted by molar-refractivity contribution is -0.121. The molecule has 0 saturated heterocycles. The van der Waals surface area contributed by atoms with Gasteiger partial charge in [-0.15, -0.1) is 11.8 Å². The highest BCUT2D eigenvalue weighted by Gasteiger charge is 2.02. The van der Waals surface area contributed by atoms with Crippen LogP contribution in [0.1, 0.15) is 6.42 Å². The van der Waals surface area contributed by atoms with Crippen LogP contribution in [0, 0.1) is 5.82 Å². The van der Waals surface area contributed by atoms with Crippen LogP contribution in [0.5, 0.6) is 0 Å². The third kappa shape index (κ3) is 5.83. The van der Waals surface area contributed by atoms with Gasteiger partial charge in [0.05, 0.1) is 0 Å². The summed E-state index contributed by atoms with van der Waals surface area (Å²) in [5, 5.41) is 3.03. The number of amides is 1. The molecule has 7 heteroatoms. The van der Waals surface area contributed by atoms with E-state index in [4.69, 9.17) is 12.2 Å². The van der Waals surface area contributed by atoms with Crippen LogP contribution in [0.15, 0.2) is 29.2 Å². The molecule has 18 heavy (non-hydrogen) atoms. The van der Waals surface area contributed by atoms with Gasteiger partial charge in [0.2, 0.25) is 5.91 Å². The molecule has 0 saturated carbocycles. The number of benzene rings is 1. The Morgan fingerprint density at radius 2 is 2.00 bits per heavy atom. The minimum Gasteiger partial charge on any atom is -0.364 e. The molecular weight excluding hydrogens is 273 g/mol. The van der Waals surface area contributed by atoms with E-state index in [1.54, 1.807) is 19.2 Å². The van der Waals surface area contributed by atoms with Crippen molar-refractivity contribution in [2.45, 2.75) is 11.3 Å². The first kappa shape index (κ1) is 14.7. The van der Waals surface area contributed by atoms with E-state index < -0.39 is 0 Å². The minimum atomic E-state index is -0.262. The summed E-state index contributed by atoms with van der Waals surface area (Å²) >= 11 is 6.29. The van der Waals surface area contributed by atoms with Gasteiger partial charge in [0.15, 0.2) is 5.11 Å². The number of halogens is 1. The number of hydrazine groups is 1. The van der Waals surface area contributed by atoms with Crippen LogP contribution in [0.2, 0.25) is 0 Å². The predicted molar refractivity (Wildman–Crippen MR) is 74.7 cm³/mol. The van der Waals surface area contributed by atoms with Gasteiger partial charge in [-0.1, -0.05) is 0 Å². The zero-order chi connectivity index (χ0) is 13.4. The summed E-state index contributed by atoms with van der Waals surface area (Å²) in [5.74, 6) is 0.204. The van der Waals surface area contributed by atoms with Gasteiger partial charge in [0, 0.05) is 24.1 Å². The molecule has 1 aromatic carbocycles. The van der Waals surface area contributed by atoms with Crippen LogP contribution in [0.25, 0.3) is 0 Å². The summed E-state index contributed by atoms with van der Waals surface area (Å²) in [6, 6.07) is 6.17. The number of rotatable bonds is 4. The van der Waals surface area contributed by atoms with Gasteiger partial charge in [-0.25, -0.2) is 4.39 Å². The molecule has 0 aliphatic carbocycles. The normalized spacial score (nSPS) is 9.67. The maximum absolute atomic E-state index is 12.6. The van der Waals surface area contributed by atoms with E-state index in [0.717, 1.165) is 4.90 Å². The van der Waals surface area contributed by atoms with Crippen LogP contribution in [-0.2, 0) is 4.79 Å². The Morgan fingerprint density at radius 1 is 1.33 bits per heavy atom. The average molecular weight is 287 g/mol. The monoisotopic (exact) mass is 287 g/mol. The zero-order valence-corrected chi connectivity index (χ0v) is 11.5. The van der Waals surface area contributed by atoms with Crippen molar-refractivity contribution in [3.63, 3.8) is 0 Å². The van der Waals surface area contributed by atoms with E-state index in [9.17, 15) is 9.18 Å². The van der Waals surface area contributed by atoms with Crippen LogP contribution < -0.4 is 16.2 Å². The fourth-order valence-corrected chi connectivity index (χ4v) is 1.95. The Labute approximate surface area is 115 Å². The van der Waals surface area contributed by atoms with E-state index >= 15 is 0 Å². The minimum absolute atomic E-state index is 0.151. The quantitative estimate of drug-likeness (QED) is 0.444. The maximum atomic E-state index is 12.6. The summed E-state index contributed by atoms with van der Waals surface area (Å²) < 4.78 is 12.6. The predicted octanol–water partition coefficient (Wildman–Crippen LogP) is 1.43. The lowest BCUT2D eigenvalue weighted by Gasteiger charge is -2.08. The molecule has 0 fully saturated rings. The van der Waals surface area contributed by atoms with Crippen LogP contribution in [-0.4, -0.2) is 23.8 Å². The Bertz CT molecular complexity index is 411. The molecule has 4 nitrogen and oxygen atoms in total. The topological polar surface area (TPSA) is 53.2 Å². The third-order valence-electron chi connectivity index (χ3n) is 1.95. The molecule has 3 N–H and O–H groups in total. The SMILES string of the molecule is CNC(=S)NNC(=O)CCSc1ccc(F)cc1. The lowest BCUT2D eigenvalue weighted by Crippen LogP contribution is -2.45. The molecule has 1 amide bonds. The molecule has 0 spiro atoms. The van der Waals surface area contributed by atoms with E-state index in [1.807, 2.05) is 0 Å². The van der Waals surface area contributed by atoms with Gasteiger partial charge >= 0.3 is 0 Å². The highest BCUT2D eigenvalue weighted by Crippen LogP contribution is 2.18. The highest BCUT2D eigenvalue weighted by atomic mass is 32.2. The fraction of sp³-hybridized carbons (Fsp3) is 0.273. The molecule has 0 unspecified atom stereocenters. The number of thiocarbonyl (C=S) groups is 1. The second-order valence-corrected chi connectivity index (χ2v) is 4.88. The van der Waals surface area contributed by atoms with E-state index in [1.165, 1.54) is 23.9 Å². The number of carbonyl (C=O) groups is 1. The first-order chi connectivity index (χ1) is 8.61. The molecule has 0 bridgehead atoms. The molecule has 1 rings (SSSR count). The summed E-state index contributed by atoms with van der Waals surface area (Å²) in [4.78, 5) is 12.3. The molecule has 0 aliphatic rings. The Kier molecular flexibility index (Phi) is 6.45. The first-order valence-corrected chi connectivity index (χ1v) is 6.66. The van der Waals surface area contributed by atoms with Gasteiger partial charge < -0.3 is 5.32 Å². The molecule has 0 radical (unpaired) electrons. The van der Waals surface area contributed by atoms with Crippen molar-refractivity contribution in [3.05, 3.63) is 30.1 Å². The van der Waals surface area contributed by atoms with Crippen molar-refractivity contribution >= 4 is 35.0 Å². The van der Waals surface area contributed by atoms with E-state index in [0.29, 0.717) is 17.3 Å². The van der Waals surface area contributed by atoms with Crippen molar-refractivity contribution < 1.29 is 9.18 Å². The van der Waals surface area contributed by atoms with Crippen molar-refractivity contribution in [3.8, 4) is 0 Å². The first-order valence-electron chi connectivity index (χ1n) is 5.26. The Balaban J connectivity index is 2.19. The standard InChI is InChI=1S/C11H14FN3OS2/c1-13-11(17)15-14-10(16)6-7-18-9-4-2-8(12)3-5-9/h2-5H,6-7H2,1H3,(H,14,16)(H2,13,15,17). The molecule has 0 heterocycles. The molecule has 0 atom stereocenters. The molecule has 98 valence electrons. The summed E-state index contributed by atoms with van der Waals surface area (Å²) in [7, 11) is 1.66. The number of hydrogen-bond acceptors (Lipinski definition) is 3. The second-order valence-electron chi connectivity index (χ2n) is 3.30. The third-order valence-corrected chi connectivity index (χ3v) is 3.27. The van der Waals surface area contributed by atoms with Gasteiger partial charge in [0.25, 0.3) is 0 Å². The molecule has 0 aliphatic heterocycles. The highest BCUT2D eigenvalue weighted by molar-refractivity contribution is 7.99. The molecule has 0 aromatic heterocycles. The molecule has 1 aromatic rings. The largest absolute Gasteiger partial charge is 0.364 e.